The third-order valence-corrected chi connectivity index (χ3v) is 6.09. The van der Waals surface area contributed by atoms with Gasteiger partial charge in [0.05, 0.1) is 12.8 Å². The molecule has 0 saturated carbocycles. The molecule has 4 aromatic rings. The highest BCUT2D eigenvalue weighted by atomic mass is 16.2. The van der Waals surface area contributed by atoms with Gasteiger partial charge in [-0.05, 0) is 44.2 Å². The SMILES string of the molecule is CC.Cc1ncc(CC(=O)NCCCc2ccccc2)c(=O)[nH]1.Cc1ncc(CC(=O)NCCc2ccccc2)c(=O)[nH]1. The smallest absolute Gasteiger partial charge is 0.254 e. The van der Waals surface area contributed by atoms with E-state index in [9.17, 15) is 19.2 Å². The molecule has 4 N–H and O–H groups in total. The monoisotopic (exact) mass is 586 g/mol. The van der Waals surface area contributed by atoms with Crippen LogP contribution in [-0.2, 0) is 35.3 Å². The van der Waals surface area contributed by atoms with Gasteiger partial charge in [-0.1, -0.05) is 74.5 Å². The highest BCUT2D eigenvalue weighted by molar-refractivity contribution is 5.78. The first kappa shape index (κ1) is 34.3. The third-order valence-electron chi connectivity index (χ3n) is 6.09. The number of nitrogens with one attached hydrogen (secondary N) is 4. The molecule has 4 rings (SSSR count). The molecule has 0 fully saturated rings. The average Bonchev–Trinajstić information content (AvgIpc) is 3.01. The van der Waals surface area contributed by atoms with Crippen molar-refractivity contribution >= 4 is 11.8 Å². The topological polar surface area (TPSA) is 150 Å². The first-order chi connectivity index (χ1) is 20.8. The van der Waals surface area contributed by atoms with E-state index in [4.69, 9.17) is 0 Å². The van der Waals surface area contributed by atoms with Crippen LogP contribution in [0.5, 0.6) is 0 Å². The molecule has 2 aromatic heterocycles. The van der Waals surface area contributed by atoms with Gasteiger partial charge in [-0.2, -0.15) is 0 Å². The summed E-state index contributed by atoms with van der Waals surface area (Å²) >= 11 is 0. The van der Waals surface area contributed by atoms with Crippen LogP contribution < -0.4 is 21.8 Å². The number of amides is 2. The van der Waals surface area contributed by atoms with Crippen LogP contribution in [0.15, 0.2) is 82.6 Å². The Morgan fingerprint density at radius 1 is 0.651 bits per heavy atom. The van der Waals surface area contributed by atoms with Gasteiger partial charge in [0.1, 0.15) is 11.6 Å². The molecule has 0 unspecified atom stereocenters. The fourth-order valence-electron chi connectivity index (χ4n) is 3.90. The van der Waals surface area contributed by atoms with Gasteiger partial charge < -0.3 is 20.6 Å². The molecule has 0 radical (unpaired) electrons. The second-order valence-corrected chi connectivity index (χ2v) is 9.52. The van der Waals surface area contributed by atoms with E-state index in [1.165, 1.54) is 23.5 Å². The van der Waals surface area contributed by atoms with Gasteiger partial charge in [-0.25, -0.2) is 9.97 Å². The number of aromatic nitrogens is 4. The molecule has 0 aliphatic heterocycles. The predicted molar refractivity (Wildman–Crippen MR) is 169 cm³/mol. The van der Waals surface area contributed by atoms with E-state index in [0.717, 1.165) is 19.3 Å². The third kappa shape index (κ3) is 13.6. The molecule has 2 amide bonds. The first-order valence-corrected chi connectivity index (χ1v) is 14.5. The lowest BCUT2D eigenvalue weighted by atomic mass is 10.1. The highest BCUT2D eigenvalue weighted by Gasteiger charge is 2.08. The quantitative estimate of drug-likeness (QED) is 0.198. The van der Waals surface area contributed by atoms with Gasteiger partial charge in [0.2, 0.25) is 11.8 Å². The highest BCUT2D eigenvalue weighted by Crippen LogP contribution is 2.02. The van der Waals surface area contributed by atoms with Crippen molar-refractivity contribution in [2.24, 2.45) is 0 Å². The van der Waals surface area contributed by atoms with Gasteiger partial charge in [0.25, 0.3) is 11.1 Å². The second kappa shape index (κ2) is 19.3. The summed E-state index contributed by atoms with van der Waals surface area (Å²) < 4.78 is 0. The molecule has 0 spiro atoms. The van der Waals surface area contributed by atoms with Gasteiger partial charge in [0, 0.05) is 36.6 Å². The lowest BCUT2D eigenvalue weighted by Gasteiger charge is -2.05. The predicted octanol–water partition coefficient (Wildman–Crippen LogP) is 3.38. The van der Waals surface area contributed by atoms with Crippen molar-refractivity contribution in [1.29, 1.82) is 0 Å². The number of hydrogen-bond donors (Lipinski definition) is 4. The lowest BCUT2D eigenvalue weighted by molar-refractivity contribution is -0.121. The minimum atomic E-state index is -0.254. The molecule has 0 atom stereocenters. The summed E-state index contributed by atoms with van der Waals surface area (Å²) in [5, 5.41) is 5.63. The minimum absolute atomic E-state index is 0.0530. The summed E-state index contributed by atoms with van der Waals surface area (Å²) in [6.07, 6.45) is 5.59. The summed E-state index contributed by atoms with van der Waals surface area (Å²) in [7, 11) is 0. The average molecular weight is 587 g/mol. The Morgan fingerprint density at radius 2 is 1.07 bits per heavy atom. The standard InChI is InChI=1S/C16H19N3O2.C15H17N3O2.C2H6/c1-12-18-11-14(16(21)19-12)10-15(20)17-9-5-8-13-6-3-2-4-7-13;1-11-17-10-13(15(20)18-11)9-14(19)16-8-7-12-5-3-2-4-6-12;1-2/h2-4,6-7,11H,5,8-10H2,1H3,(H,17,20)(H,18,19,21);2-6,10H,7-9H2,1H3,(H,16,19)(H,17,18,20);1-2H3. The maximum absolute atomic E-state index is 11.8. The van der Waals surface area contributed by atoms with E-state index in [1.807, 2.05) is 62.4 Å². The van der Waals surface area contributed by atoms with Crippen LogP contribution in [0.3, 0.4) is 0 Å². The molecule has 0 saturated heterocycles. The Kier molecular flexibility index (Phi) is 15.4. The number of hydrogen-bond acceptors (Lipinski definition) is 6. The largest absolute Gasteiger partial charge is 0.356 e. The van der Waals surface area contributed by atoms with Gasteiger partial charge in [-0.3, -0.25) is 19.2 Å². The number of H-pyrrole nitrogens is 2. The lowest BCUT2D eigenvalue weighted by Crippen LogP contribution is -2.29. The molecule has 0 aliphatic rings. The molecule has 0 aliphatic carbocycles. The molecule has 10 nitrogen and oxygen atoms in total. The maximum Gasteiger partial charge on any atom is 0.254 e. The zero-order valence-electron chi connectivity index (χ0n) is 25.4. The van der Waals surface area contributed by atoms with E-state index in [2.05, 4.69) is 42.7 Å². The molecule has 2 aromatic carbocycles. The first-order valence-electron chi connectivity index (χ1n) is 14.5. The normalized spacial score (nSPS) is 9.95. The van der Waals surface area contributed by atoms with Crippen LogP contribution in [0.4, 0.5) is 0 Å². The van der Waals surface area contributed by atoms with Crippen molar-refractivity contribution in [2.45, 2.75) is 59.8 Å². The summed E-state index contributed by atoms with van der Waals surface area (Å²) in [6.45, 7) is 8.56. The fourth-order valence-corrected chi connectivity index (χ4v) is 3.90. The molecule has 228 valence electrons. The second-order valence-electron chi connectivity index (χ2n) is 9.52. The zero-order chi connectivity index (χ0) is 31.5. The fraction of sp³-hybridized carbons (Fsp3) is 0.333. The van der Waals surface area contributed by atoms with Gasteiger partial charge in [-0.15, -0.1) is 0 Å². The van der Waals surface area contributed by atoms with Crippen LogP contribution >= 0.6 is 0 Å². The molecule has 2 heterocycles. The molecule has 0 bridgehead atoms. The number of benzene rings is 2. The molecule has 10 heteroatoms. The number of nitrogens with zero attached hydrogens (tertiary/aromatic N) is 2. The zero-order valence-corrected chi connectivity index (χ0v) is 25.4. The number of aryl methyl sites for hydroxylation is 3. The van der Waals surface area contributed by atoms with Crippen molar-refractivity contribution in [1.82, 2.24) is 30.6 Å². The van der Waals surface area contributed by atoms with Crippen molar-refractivity contribution in [3.8, 4) is 0 Å². The maximum atomic E-state index is 11.8. The van der Waals surface area contributed by atoms with E-state index in [0.29, 0.717) is 35.9 Å². The van der Waals surface area contributed by atoms with Crippen LogP contribution in [0.1, 0.15) is 54.2 Å². The van der Waals surface area contributed by atoms with Gasteiger partial charge in [0.15, 0.2) is 0 Å². The summed E-state index contributed by atoms with van der Waals surface area (Å²) in [5.74, 6) is 0.770. The Bertz CT molecular complexity index is 1520. The Hall–Kier alpha value is -4.86. The van der Waals surface area contributed by atoms with Crippen LogP contribution in [0, 0.1) is 13.8 Å². The Morgan fingerprint density at radius 3 is 1.51 bits per heavy atom. The van der Waals surface area contributed by atoms with E-state index in [-0.39, 0.29) is 35.8 Å². The summed E-state index contributed by atoms with van der Waals surface area (Å²) in [6, 6.07) is 20.1. The molecular formula is C33H42N6O4. The Labute approximate surface area is 252 Å². The van der Waals surface area contributed by atoms with Crippen molar-refractivity contribution in [2.75, 3.05) is 13.1 Å². The van der Waals surface area contributed by atoms with Crippen LogP contribution in [0.2, 0.25) is 0 Å². The minimum Gasteiger partial charge on any atom is -0.356 e. The number of rotatable bonds is 11. The van der Waals surface area contributed by atoms with Crippen molar-refractivity contribution in [3.05, 3.63) is 128 Å². The number of aromatic amines is 2. The van der Waals surface area contributed by atoms with Crippen LogP contribution in [0.25, 0.3) is 0 Å². The van der Waals surface area contributed by atoms with E-state index >= 15 is 0 Å². The van der Waals surface area contributed by atoms with Gasteiger partial charge >= 0.3 is 0 Å². The number of carbonyl (C=O) groups is 2. The van der Waals surface area contributed by atoms with Crippen LogP contribution in [-0.4, -0.2) is 44.8 Å². The number of carbonyl (C=O) groups excluding carboxylic acids is 2. The molecular weight excluding hydrogens is 544 g/mol. The van der Waals surface area contributed by atoms with E-state index < -0.39 is 0 Å². The van der Waals surface area contributed by atoms with E-state index in [1.54, 1.807) is 13.8 Å². The summed E-state index contributed by atoms with van der Waals surface area (Å²) in [4.78, 5) is 59.9. The van der Waals surface area contributed by atoms with Crippen molar-refractivity contribution < 1.29 is 9.59 Å². The summed E-state index contributed by atoms with van der Waals surface area (Å²) in [5.41, 5.74) is 2.69. The Balaban J connectivity index is 0.000000284. The van der Waals surface area contributed by atoms with Crippen molar-refractivity contribution in [3.63, 3.8) is 0 Å². The molecule has 43 heavy (non-hydrogen) atoms.